The molecule has 3 rings (SSSR count). The standard InChI is InChI=1S/C18H18N4O4S/c1-12-20-21-18(27-2)22(12)14-7-5-13(6-8-14)17(24)26-11-16(23)19-10-15-4-3-9-25-15/h3-9H,10-11H2,1-2H3,(H,19,23). The fourth-order valence-corrected chi connectivity index (χ4v) is 2.93. The van der Waals surface area contributed by atoms with E-state index >= 15 is 0 Å². The molecule has 0 fully saturated rings. The van der Waals surface area contributed by atoms with Crippen molar-refractivity contribution in [3.63, 3.8) is 0 Å². The zero-order valence-corrected chi connectivity index (χ0v) is 15.7. The predicted molar refractivity (Wildman–Crippen MR) is 98.7 cm³/mol. The highest BCUT2D eigenvalue weighted by Crippen LogP contribution is 2.20. The summed E-state index contributed by atoms with van der Waals surface area (Å²) < 4.78 is 12.0. The summed E-state index contributed by atoms with van der Waals surface area (Å²) in [6, 6.07) is 10.3. The van der Waals surface area contributed by atoms with Gasteiger partial charge < -0.3 is 14.5 Å². The highest BCUT2D eigenvalue weighted by molar-refractivity contribution is 7.98. The van der Waals surface area contributed by atoms with Crippen molar-refractivity contribution in [1.82, 2.24) is 20.1 Å². The van der Waals surface area contributed by atoms with E-state index in [9.17, 15) is 9.59 Å². The van der Waals surface area contributed by atoms with Gasteiger partial charge in [0.1, 0.15) is 11.6 Å². The maximum atomic E-state index is 12.1. The molecular weight excluding hydrogens is 368 g/mol. The first kappa shape index (κ1) is 18.7. The molecule has 8 nitrogen and oxygen atoms in total. The molecule has 0 atom stereocenters. The molecule has 2 aromatic heterocycles. The molecule has 2 heterocycles. The number of furan rings is 1. The molecular formula is C18H18N4O4S. The molecule has 0 unspecified atom stereocenters. The van der Waals surface area contributed by atoms with Crippen LogP contribution in [0.1, 0.15) is 21.9 Å². The molecule has 9 heteroatoms. The van der Waals surface area contributed by atoms with Crippen LogP contribution in [-0.4, -0.2) is 39.5 Å². The van der Waals surface area contributed by atoms with Crippen molar-refractivity contribution >= 4 is 23.6 Å². The average molecular weight is 386 g/mol. The molecule has 0 aliphatic heterocycles. The first-order valence-corrected chi connectivity index (χ1v) is 9.33. The molecule has 0 bridgehead atoms. The monoisotopic (exact) mass is 386 g/mol. The lowest BCUT2D eigenvalue weighted by Gasteiger charge is -2.09. The number of nitrogens with zero attached hydrogens (tertiary/aromatic N) is 3. The van der Waals surface area contributed by atoms with E-state index in [1.807, 2.05) is 17.7 Å². The van der Waals surface area contributed by atoms with E-state index in [2.05, 4.69) is 15.5 Å². The molecule has 0 aliphatic rings. The lowest BCUT2D eigenvalue weighted by Crippen LogP contribution is -2.28. The van der Waals surface area contributed by atoms with Gasteiger partial charge in [0.25, 0.3) is 5.91 Å². The number of aryl methyl sites for hydroxylation is 1. The Morgan fingerprint density at radius 2 is 2.00 bits per heavy atom. The molecule has 1 N–H and O–H groups in total. The fourth-order valence-electron chi connectivity index (χ4n) is 2.38. The van der Waals surface area contributed by atoms with Gasteiger partial charge in [-0.25, -0.2) is 4.79 Å². The van der Waals surface area contributed by atoms with Gasteiger partial charge in [0.15, 0.2) is 11.8 Å². The Labute approximate surface area is 159 Å². The minimum absolute atomic E-state index is 0.244. The number of carbonyl (C=O) groups excluding carboxylic acids is 2. The van der Waals surface area contributed by atoms with E-state index in [1.54, 1.807) is 36.4 Å². The Balaban J connectivity index is 1.56. The molecule has 0 radical (unpaired) electrons. The Kier molecular flexibility index (Phi) is 5.92. The van der Waals surface area contributed by atoms with Crippen LogP contribution in [0.15, 0.2) is 52.2 Å². The molecule has 0 spiro atoms. The first-order chi connectivity index (χ1) is 13.1. The van der Waals surface area contributed by atoms with Crippen molar-refractivity contribution in [1.29, 1.82) is 0 Å². The minimum atomic E-state index is -0.569. The summed E-state index contributed by atoms with van der Waals surface area (Å²) in [7, 11) is 0. The van der Waals surface area contributed by atoms with Crippen LogP contribution in [0, 0.1) is 6.92 Å². The lowest BCUT2D eigenvalue weighted by molar-refractivity contribution is -0.124. The molecule has 1 aromatic carbocycles. The number of esters is 1. The third kappa shape index (κ3) is 4.56. The summed E-state index contributed by atoms with van der Waals surface area (Å²) in [5.41, 5.74) is 1.20. The highest BCUT2D eigenvalue weighted by Gasteiger charge is 2.13. The summed E-state index contributed by atoms with van der Waals surface area (Å²) in [6.45, 7) is 1.74. The van der Waals surface area contributed by atoms with E-state index in [1.165, 1.54) is 18.0 Å². The number of hydrogen-bond donors (Lipinski definition) is 1. The molecule has 140 valence electrons. The topological polar surface area (TPSA) is 99.3 Å². The number of thioether (sulfide) groups is 1. The van der Waals surface area contributed by atoms with Crippen molar-refractivity contribution in [3.05, 3.63) is 59.8 Å². The molecule has 0 saturated carbocycles. The van der Waals surface area contributed by atoms with E-state index in [4.69, 9.17) is 9.15 Å². The van der Waals surface area contributed by atoms with Crippen LogP contribution in [0.4, 0.5) is 0 Å². The third-order valence-electron chi connectivity index (χ3n) is 3.71. The van der Waals surface area contributed by atoms with Crippen molar-refractivity contribution < 1.29 is 18.7 Å². The number of benzene rings is 1. The Hall–Kier alpha value is -3.07. The number of ether oxygens (including phenoxy) is 1. The van der Waals surface area contributed by atoms with Crippen LogP contribution in [0.5, 0.6) is 0 Å². The second-order valence-corrected chi connectivity index (χ2v) is 6.32. The van der Waals surface area contributed by atoms with Crippen LogP contribution >= 0.6 is 11.8 Å². The smallest absolute Gasteiger partial charge is 0.338 e. The van der Waals surface area contributed by atoms with Gasteiger partial charge in [0, 0.05) is 5.69 Å². The van der Waals surface area contributed by atoms with Gasteiger partial charge in [-0.2, -0.15) is 0 Å². The van der Waals surface area contributed by atoms with Crippen LogP contribution in [-0.2, 0) is 16.1 Å². The number of rotatable bonds is 7. The number of hydrogen-bond acceptors (Lipinski definition) is 7. The number of carbonyl (C=O) groups is 2. The van der Waals surface area contributed by atoms with Gasteiger partial charge in [-0.05, 0) is 49.6 Å². The Morgan fingerprint density at radius 3 is 2.67 bits per heavy atom. The largest absolute Gasteiger partial charge is 0.467 e. The number of aromatic nitrogens is 3. The normalized spacial score (nSPS) is 10.6. The van der Waals surface area contributed by atoms with Gasteiger partial charge in [-0.15, -0.1) is 10.2 Å². The molecule has 27 heavy (non-hydrogen) atoms. The van der Waals surface area contributed by atoms with Crippen LogP contribution in [0.25, 0.3) is 5.69 Å². The number of nitrogens with one attached hydrogen (secondary N) is 1. The third-order valence-corrected chi connectivity index (χ3v) is 4.34. The summed E-state index contributed by atoms with van der Waals surface area (Å²) >= 11 is 1.48. The average Bonchev–Trinajstić information content (AvgIpc) is 3.34. The van der Waals surface area contributed by atoms with E-state index in [-0.39, 0.29) is 13.2 Å². The van der Waals surface area contributed by atoms with Crippen LogP contribution in [0.2, 0.25) is 0 Å². The van der Waals surface area contributed by atoms with E-state index in [0.29, 0.717) is 11.3 Å². The first-order valence-electron chi connectivity index (χ1n) is 8.11. The maximum Gasteiger partial charge on any atom is 0.338 e. The maximum absolute atomic E-state index is 12.1. The van der Waals surface area contributed by atoms with Crippen molar-refractivity contribution in [3.8, 4) is 5.69 Å². The summed E-state index contributed by atoms with van der Waals surface area (Å²) in [5.74, 6) is 0.406. The zero-order chi connectivity index (χ0) is 19.2. The second-order valence-electron chi connectivity index (χ2n) is 5.55. The predicted octanol–water partition coefficient (Wildman–Crippen LogP) is 2.36. The van der Waals surface area contributed by atoms with Gasteiger partial charge in [0.05, 0.1) is 18.4 Å². The summed E-state index contributed by atoms with van der Waals surface area (Å²) in [5, 5.41) is 11.5. The van der Waals surface area contributed by atoms with Gasteiger partial charge in [0.2, 0.25) is 0 Å². The van der Waals surface area contributed by atoms with E-state index < -0.39 is 11.9 Å². The van der Waals surface area contributed by atoms with Crippen molar-refractivity contribution in [2.75, 3.05) is 12.9 Å². The molecule has 0 aliphatic carbocycles. The highest BCUT2D eigenvalue weighted by atomic mass is 32.2. The Bertz CT molecular complexity index is 920. The van der Waals surface area contributed by atoms with Gasteiger partial charge >= 0.3 is 5.97 Å². The molecule has 3 aromatic rings. The SMILES string of the molecule is CSc1nnc(C)n1-c1ccc(C(=O)OCC(=O)NCc2ccco2)cc1. The number of amides is 1. The van der Waals surface area contributed by atoms with Crippen molar-refractivity contribution in [2.45, 2.75) is 18.6 Å². The van der Waals surface area contributed by atoms with E-state index in [0.717, 1.165) is 16.7 Å². The Morgan fingerprint density at radius 1 is 1.22 bits per heavy atom. The van der Waals surface area contributed by atoms with Gasteiger partial charge in [-0.3, -0.25) is 9.36 Å². The summed E-state index contributed by atoms with van der Waals surface area (Å²) in [4.78, 5) is 23.9. The summed E-state index contributed by atoms with van der Waals surface area (Å²) in [6.07, 6.45) is 3.44. The second kappa shape index (κ2) is 8.54. The lowest BCUT2D eigenvalue weighted by atomic mass is 10.2. The zero-order valence-electron chi connectivity index (χ0n) is 14.8. The quantitative estimate of drug-likeness (QED) is 0.491. The van der Waals surface area contributed by atoms with Crippen molar-refractivity contribution in [2.24, 2.45) is 0 Å². The molecule has 0 saturated heterocycles. The van der Waals surface area contributed by atoms with Gasteiger partial charge in [-0.1, -0.05) is 11.8 Å². The fraction of sp³-hybridized carbons (Fsp3) is 0.222. The van der Waals surface area contributed by atoms with Crippen LogP contribution < -0.4 is 5.32 Å². The molecule has 1 amide bonds. The minimum Gasteiger partial charge on any atom is -0.467 e. The van der Waals surface area contributed by atoms with Crippen LogP contribution in [0.3, 0.4) is 0 Å².